The third-order valence-corrected chi connectivity index (χ3v) is 4.71. The van der Waals surface area contributed by atoms with Crippen LogP contribution < -0.4 is 5.73 Å². The average molecular weight is 408 g/mol. The van der Waals surface area contributed by atoms with Gasteiger partial charge in [-0.2, -0.15) is 0 Å². The summed E-state index contributed by atoms with van der Waals surface area (Å²) < 4.78 is 0. The monoisotopic (exact) mass is 408 g/mol. The first-order chi connectivity index (χ1) is 9.75. The maximum atomic E-state index is 6.05. The minimum absolute atomic E-state index is 0. The molecule has 0 aromatic carbocycles. The second-order valence-corrected chi connectivity index (χ2v) is 6.52. The molecule has 0 spiro atoms. The lowest BCUT2D eigenvalue weighted by Crippen LogP contribution is -2.40. The molecule has 21 heavy (non-hydrogen) atoms. The van der Waals surface area contributed by atoms with Crippen LogP contribution in [0.4, 0.5) is 0 Å². The number of rotatable bonds is 5. The summed E-state index contributed by atoms with van der Waals surface area (Å²) in [6, 6.07) is 0. The molecule has 2 heterocycles. The van der Waals surface area contributed by atoms with Gasteiger partial charge in [-0.25, -0.2) is 0 Å². The Morgan fingerprint density at radius 3 is 2.38 bits per heavy atom. The van der Waals surface area contributed by atoms with E-state index in [1.165, 1.54) is 64.6 Å². The predicted octanol–water partition coefficient (Wildman–Crippen LogP) is 2.92. The van der Waals surface area contributed by atoms with Crippen LogP contribution in [0.15, 0.2) is 4.99 Å². The summed E-state index contributed by atoms with van der Waals surface area (Å²) in [5, 5.41) is 0. The van der Waals surface area contributed by atoms with Crippen LogP contribution in [-0.2, 0) is 0 Å². The number of guanidine groups is 1. The maximum Gasteiger partial charge on any atom is 0.191 e. The Labute approximate surface area is 147 Å². The number of piperidine rings is 2. The summed E-state index contributed by atoms with van der Waals surface area (Å²) in [4.78, 5) is 9.40. The summed E-state index contributed by atoms with van der Waals surface area (Å²) in [5.41, 5.74) is 6.05. The lowest BCUT2D eigenvalue weighted by atomic mass is 9.99. The highest BCUT2D eigenvalue weighted by molar-refractivity contribution is 14.0. The molecule has 0 saturated carbocycles. The number of nitrogens with zero attached hydrogens (tertiary/aromatic N) is 3. The molecule has 0 aromatic heterocycles. The van der Waals surface area contributed by atoms with Gasteiger partial charge < -0.3 is 15.5 Å². The number of hydrogen-bond acceptors (Lipinski definition) is 2. The second-order valence-electron chi connectivity index (χ2n) is 6.52. The lowest BCUT2D eigenvalue weighted by molar-refractivity contribution is 0.190. The van der Waals surface area contributed by atoms with Gasteiger partial charge in [0.15, 0.2) is 5.96 Å². The first-order valence-corrected chi connectivity index (χ1v) is 8.53. The third-order valence-electron chi connectivity index (χ3n) is 4.71. The first kappa shape index (κ1) is 19.0. The highest BCUT2D eigenvalue weighted by atomic mass is 127. The van der Waals surface area contributed by atoms with Crippen LogP contribution in [0.5, 0.6) is 0 Å². The van der Waals surface area contributed by atoms with Gasteiger partial charge in [-0.1, -0.05) is 6.92 Å². The molecule has 0 unspecified atom stereocenters. The van der Waals surface area contributed by atoms with Gasteiger partial charge in [0.2, 0.25) is 0 Å². The van der Waals surface area contributed by atoms with Crippen molar-refractivity contribution in [3.8, 4) is 0 Å². The van der Waals surface area contributed by atoms with Crippen LogP contribution in [0.2, 0.25) is 0 Å². The third kappa shape index (κ3) is 7.17. The van der Waals surface area contributed by atoms with Crippen LogP contribution in [0, 0.1) is 5.92 Å². The molecular weight excluding hydrogens is 375 g/mol. The van der Waals surface area contributed by atoms with E-state index in [2.05, 4.69) is 21.7 Å². The number of likely N-dealkylation sites (tertiary alicyclic amines) is 2. The molecule has 2 rings (SSSR count). The molecule has 0 bridgehead atoms. The lowest BCUT2D eigenvalue weighted by Gasteiger charge is -2.30. The van der Waals surface area contributed by atoms with Crippen molar-refractivity contribution in [1.82, 2.24) is 9.80 Å². The van der Waals surface area contributed by atoms with E-state index in [4.69, 9.17) is 5.73 Å². The predicted molar refractivity (Wildman–Crippen MR) is 101 cm³/mol. The van der Waals surface area contributed by atoms with Crippen LogP contribution in [-0.4, -0.2) is 55.0 Å². The number of nitrogens with two attached hydrogens (primary N) is 1. The minimum atomic E-state index is 0. The van der Waals surface area contributed by atoms with E-state index in [1.54, 1.807) is 0 Å². The van der Waals surface area contributed by atoms with Gasteiger partial charge in [0.25, 0.3) is 0 Å². The topological polar surface area (TPSA) is 44.9 Å². The summed E-state index contributed by atoms with van der Waals surface area (Å²) >= 11 is 0. The largest absolute Gasteiger partial charge is 0.370 e. The number of hydrogen-bond donors (Lipinski definition) is 1. The normalized spacial score (nSPS) is 22.1. The van der Waals surface area contributed by atoms with Crippen molar-refractivity contribution in [2.24, 2.45) is 16.6 Å². The van der Waals surface area contributed by atoms with Gasteiger partial charge >= 0.3 is 0 Å². The van der Waals surface area contributed by atoms with E-state index in [1.807, 2.05) is 0 Å². The van der Waals surface area contributed by atoms with Crippen molar-refractivity contribution in [1.29, 1.82) is 0 Å². The molecular formula is C16H33IN4. The summed E-state index contributed by atoms with van der Waals surface area (Å²) in [6.45, 7) is 9.29. The van der Waals surface area contributed by atoms with Gasteiger partial charge in [0.05, 0.1) is 0 Å². The van der Waals surface area contributed by atoms with Gasteiger partial charge in [0, 0.05) is 19.6 Å². The SMILES string of the molecule is CC1CCN(CCCCN=C(N)N2CCCCC2)CC1.I. The molecule has 2 N–H and O–H groups in total. The second kappa shape index (κ2) is 10.6. The molecule has 5 heteroatoms. The Balaban J connectivity index is 0.00000220. The quantitative estimate of drug-likeness (QED) is 0.329. The number of unbranched alkanes of at least 4 members (excludes halogenated alkanes) is 1. The van der Waals surface area contributed by atoms with Crippen molar-refractivity contribution in [3.63, 3.8) is 0 Å². The van der Waals surface area contributed by atoms with E-state index < -0.39 is 0 Å². The van der Waals surface area contributed by atoms with Crippen molar-refractivity contribution < 1.29 is 0 Å². The Hall–Kier alpha value is -0.0400. The molecule has 124 valence electrons. The van der Waals surface area contributed by atoms with Crippen molar-refractivity contribution in [2.75, 3.05) is 39.3 Å². The Morgan fingerprint density at radius 1 is 1.05 bits per heavy atom. The molecule has 2 fully saturated rings. The molecule has 0 aromatic rings. The van der Waals surface area contributed by atoms with Crippen LogP contribution >= 0.6 is 24.0 Å². The fraction of sp³-hybridized carbons (Fsp3) is 0.938. The molecule has 4 nitrogen and oxygen atoms in total. The Bertz CT molecular complexity index is 295. The van der Waals surface area contributed by atoms with Gasteiger partial charge in [-0.15, -0.1) is 24.0 Å². The zero-order valence-corrected chi connectivity index (χ0v) is 15.9. The fourth-order valence-electron chi connectivity index (χ4n) is 3.15. The molecule has 0 radical (unpaired) electrons. The van der Waals surface area contributed by atoms with Crippen molar-refractivity contribution in [2.45, 2.75) is 51.9 Å². The van der Waals surface area contributed by atoms with Crippen LogP contribution in [0.3, 0.4) is 0 Å². The summed E-state index contributed by atoms with van der Waals surface area (Å²) in [6.07, 6.45) is 9.05. The molecule has 0 amide bonds. The van der Waals surface area contributed by atoms with Crippen LogP contribution in [0.1, 0.15) is 51.9 Å². The highest BCUT2D eigenvalue weighted by Gasteiger charge is 2.14. The highest BCUT2D eigenvalue weighted by Crippen LogP contribution is 2.16. The Kier molecular flexibility index (Phi) is 9.64. The van der Waals surface area contributed by atoms with E-state index in [0.717, 1.165) is 31.5 Å². The van der Waals surface area contributed by atoms with Crippen molar-refractivity contribution in [3.05, 3.63) is 0 Å². The zero-order chi connectivity index (χ0) is 14.2. The van der Waals surface area contributed by atoms with Gasteiger partial charge in [-0.3, -0.25) is 4.99 Å². The first-order valence-electron chi connectivity index (χ1n) is 8.53. The standard InChI is InChI=1S/C16H32N4.HI/c1-15-7-13-19(14-8-15)10-6-3-9-18-16(17)20-11-4-2-5-12-20;/h15H,2-14H2,1H3,(H2,17,18);1H. The molecule has 0 atom stereocenters. The molecule has 0 aliphatic carbocycles. The summed E-state index contributed by atoms with van der Waals surface area (Å²) in [7, 11) is 0. The Morgan fingerprint density at radius 2 is 1.71 bits per heavy atom. The van der Waals surface area contributed by atoms with E-state index in [9.17, 15) is 0 Å². The van der Waals surface area contributed by atoms with E-state index >= 15 is 0 Å². The summed E-state index contributed by atoms with van der Waals surface area (Å²) in [5.74, 6) is 1.71. The van der Waals surface area contributed by atoms with Gasteiger partial charge in [0.1, 0.15) is 0 Å². The number of halogens is 1. The molecule has 2 aliphatic rings. The van der Waals surface area contributed by atoms with Crippen LogP contribution in [0.25, 0.3) is 0 Å². The van der Waals surface area contributed by atoms with Crippen molar-refractivity contribution >= 4 is 29.9 Å². The molecule has 2 aliphatic heterocycles. The minimum Gasteiger partial charge on any atom is -0.370 e. The van der Waals surface area contributed by atoms with E-state index in [-0.39, 0.29) is 24.0 Å². The smallest absolute Gasteiger partial charge is 0.191 e. The maximum absolute atomic E-state index is 6.05. The zero-order valence-electron chi connectivity index (χ0n) is 13.6. The van der Waals surface area contributed by atoms with Gasteiger partial charge in [-0.05, 0) is 70.5 Å². The molecule has 2 saturated heterocycles. The average Bonchev–Trinajstić information content (AvgIpc) is 2.49. The number of aliphatic imine (C=N–C) groups is 1. The fourth-order valence-corrected chi connectivity index (χ4v) is 3.15. The van der Waals surface area contributed by atoms with E-state index in [0.29, 0.717) is 0 Å².